The molecule has 0 aromatic heterocycles. The highest BCUT2D eigenvalue weighted by Crippen LogP contribution is 2.25. The molecule has 0 radical (unpaired) electrons. The zero-order chi connectivity index (χ0) is 22.4. The maximum atomic E-state index is 14.8. The molecule has 0 unspecified atom stereocenters. The van der Waals surface area contributed by atoms with Gasteiger partial charge < -0.3 is 14.5 Å². The first kappa shape index (κ1) is 22.5. The molecule has 1 heterocycles. The number of nitrogens with one attached hydrogen (secondary N) is 1. The quantitative estimate of drug-likeness (QED) is 0.417. The zero-order valence-electron chi connectivity index (χ0n) is 17.8. The Morgan fingerprint density at radius 1 is 1.16 bits per heavy atom. The highest BCUT2D eigenvalue weighted by molar-refractivity contribution is 5.94. The number of hydrazine groups is 1. The van der Waals surface area contributed by atoms with Crippen LogP contribution in [0.1, 0.15) is 22.8 Å². The van der Waals surface area contributed by atoms with E-state index in [1.54, 1.807) is 36.3 Å². The molecule has 0 spiro atoms. The predicted molar refractivity (Wildman–Crippen MR) is 116 cm³/mol. The minimum atomic E-state index is -0.586. The molecule has 1 aliphatic heterocycles. The predicted octanol–water partition coefficient (Wildman–Crippen LogP) is 2.20. The Morgan fingerprint density at radius 2 is 1.90 bits per heavy atom. The third-order valence-corrected chi connectivity index (χ3v) is 5.46. The summed E-state index contributed by atoms with van der Waals surface area (Å²) in [6.07, 6.45) is 0. The van der Waals surface area contributed by atoms with Crippen LogP contribution in [0.25, 0.3) is 0 Å². The summed E-state index contributed by atoms with van der Waals surface area (Å²) in [6.45, 7) is 5.84. The molecule has 0 aliphatic carbocycles. The molecule has 1 saturated heterocycles. The second-order valence-corrected chi connectivity index (χ2v) is 7.27. The number of carbonyl (C=O) groups excluding carboxylic acids is 2. The lowest BCUT2D eigenvalue weighted by molar-refractivity contribution is 0.0953. The Kier molecular flexibility index (Phi) is 7.43. The summed E-state index contributed by atoms with van der Waals surface area (Å²) in [5.74, 6) is 4.55. The van der Waals surface area contributed by atoms with Gasteiger partial charge in [0.15, 0.2) is 0 Å². The number of piperazine rings is 1. The first-order valence-corrected chi connectivity index (χ1v) is 10.2. The average molecular weight is 429 g/mol. The molecule has 2 aromatic rings. The number of ether oxygens (including phenoxy) is 1. The number of likely N-dealkylation sites (N-methyl/N-ethyl adjacent to an activating group) is 1. The molecule has 2 aromatic carbocycles. The van der Waals surface area contributed by atoms with Gasteiger partial charge in [0.2, 0.25) is 0 Å². The van der Waals surface area contributed by atoms with Crippen LogP contribution in [0.3, 0.4) is 0 Å². The molecule has 0 atom stereocenters. The number of nitrogens with two attached hydrogens (primary N) is 1. The maximum Gasteiger partial charge on any atom is 0.324 e. The summed E-state index contributed by atoms with van der Waals surface area (Å²) in [7, 11) is 1.55. The van der Waals surface area contributed by atoms with E-state index in [1.165, 1.54) is 17.0 Å². The van der Waals surface area contributed by atoms with Crippen molar-refractivity contribution in [3.05, 3.63) is 59.4 Å². The van der Waals surface area contributed by atoms with E-state index in [-0.39, 0.29) is 23.7 Å². The van der Waals surface area contributed by atoms with Gasteiger partial charge in [-0.15, -0.1) is 0 Å². The number of amides is 3. The van der Waals surface area contributed by atoms with Gasteiger partial charge in [0, 0.05) is 49.1 Å². The van der Waals surface area contributed by atoms with Crippen LogP contribution in [0.2, 0.25) is 0 Å². The second-order valence-electron chi connectivity index (χ2n) is 7.27. The van der Waals surface area contributed by atoms with Gasteiger partial charge in [-0.05, 0) is 30.8 Å². The lowest BCUT2D eigenvalue weighted by atomic mass is 10.1. The van der Waals surface area contributed by atoms with Gasteiger partial charge in [0.25, 0.3) is 5.91 Å². The monoisotopic (exact) mass is 429 g/mol. The van der Waals surface area contributed by atoms with Crippen molar-refractivity contribution in [2.75, 3.05) is 44.7 Å². The number of methoxy groups -OCH3 is 1. The van der Waals surface area contributed by atoms with Crippen molar-refractivity contribution in [1.82, 2.24) is 15.2 Å². The van der Waals surface area contributed by atoms with Crippen LogP contribution < -0.4 is 20.9 Å². The van der Waals surface area contributed by atoms with E-state index in [4.69, 9.17) is 10.6 Å². The largest absolute Gasteiger partial charge is 0.497 e. The number of halogens is 1. The second kappa shape index (κ2) is 10.2. The van der Waals surface area contributed by atoms with Crippen molar-refractivity contribution >= 4 is 17.6 Å². The van der Waals surface area contributed by atoms with Gasteiger partial charge in [-0.3, -0.25) is 15.1 Å². The van der Waals surface area contributed by atoms with Crippen LogP contribution in [0.15, 0.2) is 42.5 Å². The summed E-state index contributed by atoms with van der Waals surface area (Å²) < 4.78 is 20.1. The number of anilines is 1. The molecule has 3 amide bonds. The van der Waals surface area contributed by atoms with E-state index < -0.39 is 11.7 Å². The number of nitrogens with zero attached hydrogens (tertiary/aromatic N) is 3. The lowest BCUT2D eigenvalue weighted by Crippen LogP contribution is -2.52. The van der Waals surface area contributed by atoms with E-state index in [1.807, 2.05) is 5.43 Å². The van der Waals surface area contributed by atoms with Crippen LogP contribution >= 0.6 is 0 Å². The third-order valence-electron chi connectivity index (χ3n) is 5.46. The van der Waals surface area contributed by atoms with Crippen LogP contribution in [-0.2, 0) is 6.54 Å². The molecular weight excluding hydrogens is 401 g/mol. The molecule has 31 heavy (non-hydrogen) atoms. The molecule has 3 rings (SSSR count). The number of hydrogen-bond acceptors (Lipinski definition) is 5. The highest BCUT2D eigenvalue weighted by atomic mass is 19.1. The van der Waals surface area contributed by atoms with Crippen LogP contribution in [-0.4, -0.2) is 61.6 Å². The summed E-state index contributed by atoms with van der Waals surface area (Å²) in [5, 5.41) is 0. The zero-order valence-corrected chi connectivity index (χ0v) is 17.8. The van der Waals surface area contributed by atoms with Gasteiger partial charge in [-0.25, -0.2) is 15.0 Å². The molecule has 3 N–H and O–H groups in total. The van der Waals surface area contributed by atoms with E-state index in [2.05, 4.69) is 11.8 Å². The minimum Gasteiger partial charge on any atom is -0.497 e. The summed E-state index contributed by atoms with van der Waals surface area (Å²) in [4.78, 5) is 30.7. The van der Waals surface area contributed by atoms with Gasteiger partial charge in [0.1, 0.15) is 11.6 Å². The van der Waals surface area contributed by atoms with Crippen molar-refractivity contribution < 1.29 is 18.7 Å². The van der Waals surface area contributed by atoms with Crippen molar-refractivity contribution in [3.8, 4) is 5.75 Å². The molecule has 1 aliphatic rings. The van der Waals surface area contributed by atoms with Gasteiger partial charge in [0.05, 0.1) is 13.7 Å². The fourth-order valence-electron chi connectivity index (χ4n) is 3.54. The standard InChI is InChI=1S/C22H28FN5O3/c1-3-26-9-11-27(12-10-26)22(30)28(18-5-4-6-19(14-18)31-2)15-17-8-7-16(13-20(17)23)21(29)25-24/h4-8,13-14H,3,9-12,15,24H2,1-2H3,(H,25,29). The number of hydrogen-bond donors (Lipinski definition) is 2. The Hall–Kier alpha value is -3.17. The molecule has 0 saturated carbocycles. The van der Waals surface area contributed by atoms with Gasteiger partial charge >= 0.3 is 6.03 Å². The van der Waals surface area contributed by atoms with Crippen LogP contribution in [0, 0.1) is 5.82 Å². The highest BCUT2D eigenvalue weighted by Gasteiger charge is 2.27. The minimum absolute atomic E-state index is 0.0103. The van der Waals surface area contributed by atoms with E-state index >= 15 is 0 Å². The summed E-state index contributed by atoms with van der Waals surface area (Å²) >= 11 is 0. The average Bonchev–Trinajstić information content (AvgIpc) is 2.82. The molecule has 0 bridgehead atoms. The number of rotatable bonds is 6. The van der Waals surface area contributed by atoms with E-state index in [9.17, 15) is 14.0 Å². The number of carbonyl (C=O) groups is 2. The van der Waals surface area contributed by atoms with E-state index in [0.29, 0.717) is 24.5 Å². The van der Waals surface area contributed by atoms with Gasteiger partial charge in [-0.1, -0.05) is 19.1 Å². The third kappa shape index (κ3) is 5.31. The number of nitrogen functional groups attached to an aromatic ring is 1. The van der Waals surface area contributed by atoms with Crippen LogP contribution in [0.4, 0.5) is 14.9 Å². The molecule has 1 fully saturated rings. The first-order chi connectivity index (χ1) is 15.0. The van der Waals surface area contributed by atoms with Gasteiger partial charge in [-0.2, -0.15) is 0 Å². The van der Waals surface area contributed by atoms with Crippen LogP contribution in [0.5, 0.6) is 5.75 Å². The fraction of sp³-hybridized carbons (Fsp3) is 0.364. The maximum absolute atomic E-state index is 14.8. The molecule has 8 nitrogen and oxygen atoms in total. The smallest absolute Gasteiger partial charge is 0.324 e. The normalized spacial score (nSPS) is 14.3. The Bertz CT molecular complexity index is 931. The Balaban J connectivity index is 1.89. The fourth-order valence-corrected chi connectivity index (χ4v) is 3.54. The summed E-state index contributed by atoms with van der Waals surface area (Å²) in [6, 6.07) is 11.0. The first-order valence-electron chi connectivity index (χ1n) is 10.2. The number of benzene rings is 2. The van der Waals surface area contributed by atoms with Crippen molar-refractivity contribution in [2.45, 2.75) is 13.5 Å². The van der Waals surface area contributed by atoms with Crippen molar-refractivity contribution in [3.63, 3.8) is 0 Å². The van der Waals surface area contributed by atoms with Crippen molar-refractivity contribution in [2.24, 2.45) is 5.84 Å². The molecular formula is C22H28FN5O3. The van der Waals surface area contributed by atoms with Crippen molar-refractivity contribution in [1.29, 1.82) is 0 Å². The molecule has 9 heteroatoms. The lowest BCUT2D eigenvalue weighted by Gasteiger charge is -2.37. The molecule has 166 valence electrons. The Morgan fingerprint density at radius 3 is 2.52 bits per heavy atom. The Labute approximate surface area is 181 Å². The number of urea groups is 1. The summed E-state index contributed by atoms with van der Waals surface area (Å²) in [5.41, 5.74) is 2.98. The topological polar surface area (TPSA) is 91.1 Å². The van der Waals surface area contributed by atoms with E-state index in [0.717, 1.165) is 25.7 Å². The SMILES string of the molecule is CCN1CCN(C(=O)N(Cc2ccc(C(=O)NN)cc2F)c2cccc(OC)c2)CC1.